The molecule has 0 saturated heterocycles. The summed E-state index contributed by atoms with van der Waals surface area (Å²) in [7, 11) is 1.78. The minimum absolute atomic E-state index is 0.127. The molecule has 0 aromatic heterocycles. The van der Waals surface area contributed by atoms with E-state index in [0.29, 0.717) is 36.9 Å². The van der Waals surface area contributed by atoms with Gasteiger partial charge >= 0.3 is 5.97 Å². The average molecular weight is 321 g/mol. The summed E-state index contributed by atoms with van der Waals surface area (Å²) >= 11 is 0. The molecule has 0 saturated carbocycles. The molecule has 1 aromatic carbocycles. The van der Waals surface area contributed by atoms with Crippen LogP contribution in [-0.4, -0.2) is 43.5 Å². The van der Waals surface area contributed by atoms with Crippen molar-refractivity contribution in [2.75, 3.05) is 37.8 Å². The zero-order chi connectivity index (χ0) is 17.4. The van der Waals surface area contributed by atoms with Gasteiger partial charge in [-0.15, -0.1) is 0 Å². The van der Waals surface area contributed by atoms with Crippen molar-refractivity contribution in [2.24, 2.45) is 5.92 Å². The van der Waals surface area contributed by atoms with Crippen molar-refractivity contribution in [2.45, 2.75) is 27.2 Å². The second-order valence-corrected chi connectivity index (χ2v) is 5.75. The zero-order valence-corrected chi connectivity index (χ0v) is 14.4. The highest BCUT2D eigenvalue weighted by Gasteiger charge is 2.19. The number of nitrogens with one attached hydrogen (secondary N) is 1. The maximum Gasteiger partial charge on any atom is 0.307 e. The molecule has 0 unspecified atom stereocenters. The number of benzene rings is 1. The molecular formula is C17H27N3O3. The summed E-state index contributed by atoms with van der Waals surface area (Å²) < 4.78 is 4.93. The van der Waals surface area contributed by atoms with Gasteiger partial charge in [0.1, 0.15) is 0 Å². The fourth-order valence-corrected chi connectivity index (χ4v) is 2.28. The number of nitrogens with zero attached hydrogens (tertiary/aromatic N) is 1. The Hall–Kier alpha value is -2.24. The van der Waals surface area contributed by atoms with Gasteiger partial charge in [-0.3, -0.25) is 9.59 Å². The van der Waals surface area contributed by atoms with Crippen molar-refractivity contribution in [3.8, 4) is 0 Å². The van der Waals surface area contributed by atoms with Crippen molar-refractivity contribution >= 4 is 23.3 Å². The van der Waals surface area contributed by atoms with Crippen LogP contribution in [0.2, 0.25) is 0 Å². The van der Waals surface area contributed by atoms with Gasteiger partial charge in [-0.05, 0) is 31.0 Å². The van der Waals surface area contributed by atoms with Crippen molar-refractivity contribution in [3.63, 3.8) is 0 Å². The van der Waals surface area contributed by atoms with Gasteiger partial charge in [-0.2, -0.15) is 0 Å². The highest BCUT2D eigenvalue weighted by atomic mass is 16.5. The lowest BCUT2D eigenvalue weighted by molar-refractivity contribution is -0.143. The molecule has 0 bridgehead atoms. The summed E-state index contributed by atoms with van der Waals surface area (Å²) in [6, 6.07) is 5.18. The maximum absolute atomic E-state index is 12.7. The summed E-state index contributed by atoms with van der Waals surface area (Å²) in [5.74, 6) is -0.119. The lowest BCUT2D eigenvalue weighted by Gasteiger charge is -2.24. The number of esters is 1. The van der Waals surface area contributed by atoms with Crippen LogP contribution in [0.4, 0.5) is 11.4 Å². The van der Waals surface area contributed by atoms with Crippen LogP contribution in [0, 0.1) is 5.92 Å². The van der Waals surface area contributed by atoms with E-state index < -0.39 is 0 Å². The van der Waals surface area contributed by atoms with Gasteiger partial charge in [0.05, 0.1) is 24.4 Å². The molecule has 0 spiro atoms. The Kier molecular flexibility index (Phi) is 7.38. The molecule has 1 amide bonds. The molecule has 23 heavy (non-hydrogen) atoms. The van der Waals surface area contributed by atoms with Crippen LogP contribution >= 0.6 is 0 Å². The number of carbonyl (C=O) groups is 2. The zero-order valence-electron chi connectivity index (χ0n) is 14.4. The first-order valence-corrected chi connectivity index (χ1v) is 7.91. The molecule has 0 aliphatic heterocycles. The maximum atomic E-state index is 12.7. The van der Waals surface area contributed by atoms with Crippen LogP contribution in [0.15, 0.2) is 18.2 Å². The third kappa shape index (κ3) is 5.81. The molecule has 6 heteroatoms. The van der Waals surface area contributed by atoms with E-state index in [1.54, 1.807) is 37.1 Å². The van der Waals surface area contributed by atoms with Gasteiger partial charge in [0.15, 0.2) is 0 Å². The Bertz CT molecular complexity index is 544. The van der Waals surface area contributed by atoms with E-state index in [-0.39, 0.29) is 18.3 Å². The fourth-order valence-electron chi connectivity index (χ4n) is 2.28. The lowest BCUT2D eigenvalue weighted by Crippen LogP contribution is -2.36. The number of carbonyl (C=O) groups excluding carboxylic acids is 2. The third-order valence-corrected chi connectivity index (χ3v) is 3.33. The monoisotopic (exact) mass is 321 g/mol. The molecule has 0 radical (unpaired) electrons. The van der Waals surface area contributed by atoms with Crippen LogP contribution < -0.4 is 11.1 Å². The predicted molar refractivity (Wildman–Crippen MR) is 92.4 cm³/mol. The number of rotatable bonds is 8. The van der Waals surface area contributed by atoms with E-state index in [1.165, 1.54) is 0 Å². The van der Waals surface area contributed by atoms with E-state index in [9.17, 15) is 9.59 Å². The molecule has 0 heterocycles. The smallest absolute Gasteiger partial charge is 0.307 e. The first-order chi connectivity index (χ1) is 10.9. The Morgan fingerprint density at radius 1 is 1.35 bits per heavy atom. The summed E-state index contributed by atoms with van der Waals surface area (Å²) in [6.07, 6.45) is 0.191. The molecule has 0 fully saturated rings. The van der Waals surface area contributed by atoms with Gasteiger partial charge < -0.3 is 20.7 Å². The van der Waals surface area contributed by atoms with Crippen molar-refractivity contribution < 1.29 is 14.3 Å². The number of nitrogens with two attached hydrogens (primary N) is 1. The second-order valence-electron chi connectivity index (χ2n) is 5.75. The molecule has 3 N–H and O–H groups in total. The first kappa shape index (κ1) is 18.8. The average Bonchev–Trinajstić information content (AvgIpc) is 2.50. The van der Waals surface area contributed by atoms with Crippen LogP contribution in [-0.2, 0) is 9.53 Å². The van der Waals surface area contributed by atoms with Gasteiger partial charge in [-0.25, -0.2) is 0 Å². The van der Waals surface area contributed by atoms with Crippen molar-refractivity contribution in [1.29, 1.82) is 0 Å². The van der Waals surface area contributed by atoms with Crippen molar-refractivity contribution in [1.82, 2.24) is 4.90 Å². The highest BCUT2D eigenvalue weighted by molar-refractivity contribution is 5.96. The minimum atomic E-state index is -0.292. The van der Waals surface area contributed by atoms with E-state index >= 15 is 0 Å². The second kappa shape index (κ2) is 9.02. The Morgan fingerprint density at radius 3 is 2.57 bits per heavy atom. The molecule has 6 nitrogen and oxygen atoms in total. The number of nitrogen functional groups attached to an aromatic ring is 1. The topological polar surface area (TPSA) is 84.7 Å². The highest BCUT2D eigenvalue weighted by Crippen LogP contribution is 2.20. The van der Waals surface area contributed by atoms with Gasteiger partial charge in [0.25, 0.3) is 5.91 Å². The summed E-state index contributed by atoms with van der Waals surface area (Å²) in [4.78, 5) is 25.9. The van der Waals surface area contributed by atoms with E-state index in [2.05, 4.69) is 5.32 Å². The van der Waals surface area contributed by atoms with Crippen LogP contribution in [0.1, 0.15) is 37.6 Å². The molecule has 0 aliphatic carbocycles. The quantitative estimate of drug-likeness (QED) is 0.567. The number of ether oxygens (including phenoxy) is 1. The number of hydrogen-bond donors (Lipinski definition) is 2. The Morgan fingerprint density at radius 2 is 2.04 bits per heavy atom. The number of amides is 1. The van der Waals surface area contributed by atoms with Gasteiger partial charge in [0.2, 0.25) is 0 Å². The first-order valence-electron chi connectivity index (χ1n) is 7.91. The molecule has 0 aliphatic rings. The molecule has 128 valence electrons. The standard InChI is InChI=1S/C17H27N3O3/c1-5-23-16(21)8-9-20(11-12(2)3)17(22)13-6-7-15(19-4)14(18)10-13/h6-7,10,12,19H,5,8-9,11,18H2,1-4H3. The third-order valence-electron chi connectivity index (χ3n) is 3.33. The largest absolute Gasteiger partial charge is 0.466 e. The van der Waals surface area contributed by atoms with E-state index in [0.717, 1.165) is 5.69 Å². The Balaban J connectivity index is 2.86. The lowest BCUT2D eigenvalue weighted by atomic mass is 10.1. The SMILES string of the molecule is CCOC(=O)CCN(CC(C)C)C(=O)c1ccc(NC)c(N)c1. The van der Waals surface area contributed by atoms with Gasteiger partial charge in [-0.1, -0.05) is 13.8 Å². The fraction of sp³-hybridized carbons (Fsp3) is 0.529. The molecular weight excluding hydrogens is 294 g/mol. The Labute approximate surface area is 138 Å². The van der Waals surface area contributed by atoms with Crippen LogP contribution in [0.3, 0.4) is 0 Å². The molecule has 1 aromatic rings. The van der Waals surface area contributed by atoms with Crippen LogP contribution in [0.25, 0.3) is 0 Å². The van der Waals surface area contributed by atoms with E-state index in [1.807, 2.05) is 13.8 Å². The van der Waals surface area contributed by atoms with Crippen LogP contribution in [0.5, 0.6) is 0 Å². The summed E-state index contributed by atoms with van der Waals surface area (Å²) in [5, 5.41) is 2.97. The van der Waals surface area contributed by atoms with Crippen molar-refractivity contribution in [3.05, 3.63) is 23.8 Å². The van der Waals surface area contributed by atoms with Gasteiger partial charge in [0, 0.05) is 25.7 Å². The normalized spacial score (nSPS) is 10.5. The number of hydrogen-bond acceptors (Lipinski definition) is 5. The summed E-state index contributed by atoms with van der Waals surface area (Å²) in [6.45, 7) is 7.08. The van der Waals surface area contributed by atoms with E-state index in [4.69, 9.17) is 10.5 Å². The molecule has 1 rings (SSSR count). The molecule has 0 atom stereocenters. The minimum Gasteiger partial charge on any atom is -0.466 e. The summed E-state index contributed by atoms with van der Waals surface area (Å²) in [5.41, 5.74) is 7.75. The number of anilines is 2. The predicted octanol–water partition coefficient (Wildman–Crippen LogP) is 2.36.